The van der Waals surface area contributed by atoms with Crippen molar-refractivity contribution in [2.24, 2.45) is 5.73 Å². The predicted octanol–water partition coefficient (Wildman–Crippen LogP) is 3.17. The molecule has 0 saturated heterocycles. The van der Waals surface area contributed by atoms with E-state index in [1.807, 2.05) is 6.07 Å². The summed E-state index contributed by atoms with van der Waals surface area (Å²) < 4.78 is 13.0. The van der Waals surface area contributed by atoms with Crippen molar-refractivity contribution < 1.29 is 4.39 Å². The molecule has 2 aromatic carbocycles. The van der Waals surface area contributed by atoms with Crippen LogP contribution >= 0.6 is 0 Å². The monoisotopic (exact) mass is 251 g/mol. The van der Waals surface area contributed by atoms with Gasteiger partial charge >= 0.3 is 0 Å². The molecule has 0 aliphatic heterocycles. The highest BCUT2D eigenvalue weighted by Crippen LogP contribution is 2.29. The summed E-state index contributed by atoms with van der Waals surface area (Å²) in [6, 6.07) is 12.6. The van der Waals surface area contributed by atoms with Crippen molar-refractivity contribution in [2.45, 2.75) is 18.9 Å². The molecular weight excluding hydrogens is 237 g/mol. The number of rotatable bonds is 0. The number of nitrogens with two attached hydrogens (primary N) is 1. The molecule has 1 unspecified atom stereocenters. The molecule has 1 aliphatic carbocycles. The van der Waals surface area contributed by atoms with Gasteiger partial charge in [-0.15, -0.1) is 0 Å². The summed E-state index contributed by atoms with van der Waals surface area (Å²) in [6.07, 6.45) is 2.03. The van der Waals surface area contributed by atoms with Gasteiger partial charge in [-0.1, -0.05) is 24.0 Å². The van der Waals surface area contributed by atoms with E-state index in [1.165, 1.54) is 23.3 Å². The van der Waals surface area contributed by atoms with Gasteiger partial charge in [0.05, 0.1) is 0 Å². The Morgan fingerprint density at radius 1 is 1.05 bits per heavy atom. The van der Waals surface area contributed by atoms with E-state index in [9.17, 15) is 4.39 Å². The Morgan fingerprint density at radius 2 is 1.84 bits per heavy atom. The summed E-state index contributed by atoms with van der Waals surface area (Å²) in [4.78, 5) is 0. The smallest absolute Gasteiger partial charge is 0.124 e. The predicted molar refractivity (Wildman–Crippen MR) is 74.1 cm³/mol. The van der Waals surface area contributed by atoms with Crippen LogP contribution in [0.5, 0.6) is 0 Å². The maximum absolute atomic E-state index is 13.0. The molecule has 0 heterocycles. The van der Waals surface area contributed by atoms with Crippen LogP contribution in [0.25, 0.3) is 0 Å². The first-order valence-corrected chi connectivity index (χ1v) is 6.38. The fraction of sp³-hybridized carbons (Fsp3) is 0.176. The molecule has 3 rings (SSSR count). The Morgan fingerprint density at radius 3 is 2.63 bits per heavy atom. The first-order chi connectivity index (χ1) is 9.22. The Labute approximate surface area is 112 Å². The third-order valence-electron chi connectivity index (χ3n) is 3.44. The first kappa shape index (κ1) is 12.0. The maximum atomic E-state index is 13.0. The molecule has 1 aliphatic rings. The number of aryl methyl sites for hydroxylation is 1. The second kappa shape index (κ2) is 4.87. The number of hydrogen-bond donors (Lipinski definition) is 1. The van der Waals surface area contributed by atoms with E-state index in [0.717, 1.165) is 18.4 Å². The Bertz CT molecular complexity index is 679. The van der Waals surface area contributed by atoms with Crippen molar-refractivity contribution in [1.29, 1.82) is 0 Å². The van der Waals surface area contributed by atoms with Crippen LogP contribution in [0, 0.1) is 17.7 Å². The van der Waals surface area contributed by atoms with E-state index in [1.54, 1.807) is 12.1 Å². The zero-order valence-corrected chi connectivity index (χ0v) is 10.5. The lowest BCUT2D eigenvalue weighted by atomic mass is 10.0. The lowest BCUT2D eigenvalue weighted by Gasteiger charge is -2.03. The van der Waals surface area contributed by atoms with Gasteiger partial charge in [-0.2, -0.15) is 0 Å². The largest absolute Gasteiger partial charge is 0.324 e. The van der Waals surface area contributed by atoms with Gasteiger partial charge in [0.15, 0.2) is 0 Å². The van der Waals surface area contributed by atoms with Crippen LogP contribution in [0.2, 0.25) is 0 Å². The molecule has 0 aromatic heterocycles. The molecule has 0 bridgehead atoms. The van der Waals surface area contributed by atoms with Gasteiger partial charge in [0.1, 0.15) is 5.82 Å². The topological polar surface area (TPSA) is 26.0 Å². The fourth-order valence-electron chi connectivity index (χ4n) is 2.44. The van der Waals surface area contributed by atoms with Crippen LogP contribution in [0.3, 0.4) is 0 Å². The number of halogens is 1. The Balaban J connectivity index is 1.89. The SMILES string of the molecule is NC1CCc2cc(C#Cc3cccc(F)c3)ccc21. The van der Waals surface area contributed by atoms with Crippen LogP contribution in [0.1, 0.15) is 34.7 Å². The minimum atomic E-state index is -0.258. The third-order valence-corrected chi connectivity index (χ3v) is 3.44. The van der Waals surface area contributed by atoms with Crippen molar-refractivity contribution in [1.82, 2.24) is 0 Å². The molecule has 94 valence electrons. The van der Waals surface area contributed by atoms with Crippen molar-refractivity contribution in [3.8, 4) is 11.8 Å². The molecule has 2 N–H and O–H groups in total. The first-order valence-electron chi connectivity index (χ1n) is 6.38. The van der Waals surface area contributed by atoms with Gasteiger partial charge in [-0.25, -0.2) is 4.39 Å². The summed E-state index contributed by atoms with van der Waals surface area (Å²) in [5, 5.41) is 0. The zero-order chi connectivity index (χ0) is 13.2. The van der Waals surface area contributed by atoms with E-state index >= 15 is 0 Å². The summed E-state index contributed by atoms with van der Waals surface area (Å²) in [7, 11) is 0. The molecule has 0 amide bonds. The second-order valence-corrected chi connectivity index (χ2v) is 4.82. The van der Waals surface area contributed by atoms with E-state index < -0.39 is 0 Å². The highest BCUT2D eigenvalue weighted by atomic mass is 19.1. The van der Waals surface area contributed by atoms with Gasteiger partial charge < -0.3 is 5.73 Å². The summed E-state index contributed by atoms with van der Waals surface area (Å²) in [5.41, 5.74) is 10.2. The zero-order valence-electron chi connectivity index (χ0n) is 10.5. The molecular formula is C17H14FN. The average molecular weight is 251 g/mol. The van der Waals surface area contributed by atoms with Gasteiger partial charge in [0, 0.05) is 17.2 Å². The van der Waals surface area contributed by atoms with Crippen LogP contribution in [0.4, 0.5) is 4.39 Å². The molecule has 2 heteroatoms. The Hall–Kier alpha value is -2.11. The molecule has 0 radical (unpaired) electrons. The van der Waals surface area contributed by atoms with Crippen molar-refractivity contribution in [3.05, 3.63) is 70.5 Å². The number of benzene rings is 2. The molecule has 0 fully saturated rings. The molecule has 0 saturated carbocycles. The maximum Gasteiger partial charge on any atom is 0.124 e. The summed E-state index contributed by atoms with van der Waals surface area (Å²) >= 11 is 0. The lowest BCUT2D eigenvalue weighted by Crippen LogP contribution is -2.04. The van der Waals surface area contributed by atoms with E-state index in [-0.39, 0.29) is 11.9 Å². The molecule has 1 atom stereocenters. The Kier molecular flexibility index (Phi) is 3.06. The fourth-order valence-corrected chi connectivity index (χ4v) is 2.44. The van der Waals surface area contributed by atoms with Crippen molar-refractivity contribution in [2.75, 3.05) is 0 Å². The lowest BCUT2D eigenvalue weighted by molar-refractivity contribution is 0.627. The summed E-state index contributed by atoms with van der Waals surface area (Å²) in [6.45, 7) is 0. The highest BCUT2D eigenvalue weighted by Gasteiger charge is 2.18. The number of hydrogen-bond acceptors (Lipinski definition) is 1. The standard InChI is InChI=1S/C17H14FN/c18-15-3-1-2-12(11-15)4-5-13-6-8-16-14(10-13)7-9-17(16)19/h1-3,6,8,10-11,17H,7,9,19H2. The van der Waals surface area contributed by atoms with Crippen LogP contribution in [-0.2, 0) is 6.42 Å². The molecule has 2 aromatic rings. The second-order valence-electron chi connectivity index (χ2n) is 4.82. The van der Waals surface area contributed by atoms with Crippen LogP contribution in [-0.4, -0.2) is 0 Å². The molecule has 1 nitrogen and oxygen atoms in total. The van der Waals surface area contributed by atoms with Crippen molar-refractivity contribution in [3.63, 3.8) is 0 Å². The molecule has 19 heavy (non-hydrogen) atoms. The number of fused-ring (bicyclic) bond motifs is 1. The van der Waals surface area contributed by atoms with Crippen LogP contribution in [0.15, 0.2) is 42.5 Å². The van der Waals surface area contributed by atoms with Gasteiger partial charge in [-0.05, 0) is 54.3 Å². The highest BCUT2D eigenvalue weighted by molar-refractivity contribution is 5.47. The van der Waals surface area contributed by atoms with E-state index in [0.29, 0.717) is 5.56 Å². The van der Waals surface area contributed by atoms with Gasteiger partial charge in [-0.3, -0.25) is 0 Å². The minimum Gasteiger partial charge on any atom is -0.324 e. The molecule has 0 spiro atoms. The minimum absolute atomic E-state index is 0.167. The normalized spacial score (nSPS) is 16.6. The quantitative estimate of drug-likeness (QED) is 0.715. The third kappa shape index (κ3) is 2.52. The summed E-state index contributed by atoms with van der Waals surface area (Å²) in [5.74, 6) is 5.80. The van der Waals surface area contributed by atoms with Gasteiger partial charge in [0.2, 0.25) is 0 Å². The van der Waals surface area contributed by atoms with Crippen molar-refractivity contribution >= 4 is 0 Å². The van der Waals surface area contributed by atoms with E-state index in [4.69, 9.17) is 5.73 Å². The van der Waals surface area contributed by atoms with Crippen LogP contribution < -0.4 is 5.73 Å². The van der Waals surface area contributed by atoms with E-state index in [2.05, 4.69) is 24.0 Å². The van der Waals surface area contributed by atoms with Gasteiger partial charge in [0.25, 0.3) is 0 Å². The average Bonchev–Trinajstić information content (AvgIpc) is 2.78.